The van der Waals surface area contributed by atoms with Gasteiger partial charge in [0.25, 0.3) is 11.8 Å². The second kappa shape index (κ2) is 8.48. The fraction of sp³-hybridized carbons (Fsp3) is 0.154. The third kappa shape index (κ3) is 3.52. The van der Waals surface area contributed by atoms with E-state index < -0.39 is 0 Å². The van der Waals surface area contributed by atoms with Crippen LogP contribution in [0.4, 0.5) is 11.4 Å². The second-order valence-corrected chi connectivity index (χ2v) is 8.75. The number of amides is 2. The highest BCUT2D eigenvalue weighted by Gasteiger charge is 2.39. The van der Waals surface area contributed by atoms with E-state index in [0.29, 0.717) is 17.1 Å². The van der Waals surface area contributed by atoms with Crippen molar-refractivity contribution in [2.75, 3.05) is 9.80 Å². The molecule has 3 heterocycles. The number of rotatable bonds is 4. The summed E-state index contributed by atoms with van der Waals surface area (Å²) in [4.78, 5) is 31.3. The summed E-state index contributed by atoms with van der Waals surface area (Å²) in [6.45, 7) is 2.02. The molecule has 2 aromatic heterocycles. The van der Waals surface area contributed by atoms with Crippen LogP contribution in [0.25, 0.3) is 0 Å². The van der Waals surface area contributed by atoms with Gasteiger partial charge in [0.05, 0.1) is 17.2 Å². The number of fused-ring (bicyclic) bond motifs is 1. The smallest absolute Gasteiger partial charge is 0.294 e. The van der Waals surface area contributed by atoms with Crippen molar-refractivity contribution in [2.45, 2.75) is 25.4 Å². The molecule has 0 fully saturated rings. The van der Waals surface area contributed by atoms with Crippen molar-refractivity contribution in [3.63, 3.8) is 0 Å². The van der Waals surface area contributed by atoms with Gasteiger partial charge in [0, 0.05) is 17.4 Å². The Kier molecular flexibility index (Phi) is 5.37. The molecule has 4 aromatic rings. The van der Waals surface area contributed by atoms with Gasteiger partial charge in [0.15, 0.2) is 5.76 Å². The lowest BCUT2D eigenvalue weighted by molar-refractivity contribution is 0.0944. The minimum absolute atomic E-state index is 0.0379. The van der Waals surface area contributed by atoms with Gasteiger partial charge in [-0.05, 0) is 60.7 Å². The first-order valence-corrected chi connectivity index (χ1v) is 11.4. The average Bonchev–Trinajstić information content (AvgIpc) is 3.54. The molecule has 0 N–H and O–H groups in total. The van der Waals surface area contributed by atoms with E-state index in [4.69, 9.17) is 4.42 Å². The molecule has 0 bridgehead atoms. The van der Waals surface area contributed by atoms with Crippen LogP contribution in [0, 0.1) is 0 Å². The molecular formula is C26H22N2O3S. The van der Waals surface area contributed by atoms with Crippen molar-refractivity contribution >= 4 is 34.5 Å². The largest absolute Gasteiger partial charge is 0.459 e. The molecule has 2 amide bonds. The molecule has 6 heteroatoms. The highest BCUT2D eigenvalue weighted by atomic mass is 32.1. The zero-order valence-corrected chi connectivity index (χ0v) is 18.4. The molecule has 0 saturated carbocycles. The average molecular weight is 443 g/mol. The lowest BCUT2D eigenvalue weighted by Crippen LogP contribution is -2.47. The fourth-order valence-corrected chi connectivity index (χ4v) is 5.06. The number of hydrogen-bond acceptors (Lipinski definition) is 4. The van der Waals surface area contributed by atoms with E-state index in [0.717, 1.165) is 16.9 Å². The van der Waals surface area contributed by atoms with E-state index in [1.54, 1.807) is 17.0 Å². The maximum absolute atomic E-state index is 13.7. The summed E-state index contributed by atoms with van der Waals surface area (Å²) in [6.07, 6.45) is 2.11. The summed E-state index contributed by atoms with van der Waals surface area (Å²) < 4.78 is 5.39. The van der Waals surface area contributed by atoms with Crippen LogP contribution in [-0.4, -0.2) is 17.9 Å². The fourth-order valence-electron chi connectivity index (χ4n) is 4.40. The highest BCUT2D eigenvalue weighted by molar-refractivity contribution is 7.12. The summed E-state index contributed by atoms with van der Waals surface area (Å²) >= 11 is 1.44. The molecule has 32 heavy (non-hydrogen) atoms. The number of para-hydroxylation sites is 2. The second-order valence-electron chi connectivity index (χ2n) is 7.80. The number of benzene rings is 2. The molecule has 5 rings (SSSR count). The molecule has 2 atom stereocenters. The zero-order chi connectivity index (χ0) is 22.1. The molecule has 0 unspecified atom stereocenters. The molecule has 5 nitrogen and oxygen atoms in total. The topological polar surface area (TPSA) is 53.8 Å². The number of anilines is 2. The quantitative estimate of drug-likeness (QED) is 0.380. The van der Waals surface area contributed by atoms with E-state index in [2.05, 4.69) is 0 Å². The number of carbonyl (C=O) groups is 2. The Morgan fingerprint density at radius 1 is 0.969 bits per heavy atom. The Morgan fingerprint density at radius 2 is 1.75 bits per heavy atom. The van der Waals surface area contributed by atoms with E-state index in [9.17, 15) is 9.59 Å². The standard InChI is InChI=1S/C26H22N2O3S/c1-18-17-22(28(19-9-3-2-4-10-19)26(30)24-14-8-16-32-24)20-11-5-6-12-21(20)27(18)25(29)23-13-7-15-31-23/h2-16,18,22H,17H2,1H3/t18-,22-/m1/s1. The summed E-state index contributed by atoms with van der Waals surface area (Å²) in [7, 11) is 0. The van der Waals surface area contributed by atoms with Crippen molar-refractivity contribution < 1.29 is 14.0 Å². The van der Waals surface area contributed by atoms with Crippen LogP contribution in [0.2, 0.25) is 0 Å². The summed E-state index contributed by atoms with van der Waals surface area (Å²) in [5.74, 6) is 0.0907. The molecule has 0 spiro atoms. The minimum atomic E-state index is -0.209. The Bertz CT molecular complexity index is 1220. The number of carbonyl (C=O) groups excluding carboxylic acids is 2. The van der Waals surface area contributed by atoms with Crippen molar-refractivity contribution in [3.05, 3.63) is 107 Å². The number of nitrogens with zero attached hydrogens (tertiary/aromatic N) is 2. The van der Waals surface area contributed by atoms with Crippen molar-refractivity contribution in [3.8, 4) is 0 Å². The molecule has 0 aliphatic carbocycles. The zero-order valence-electron chi connectivity index (χ0n) is 17.5. The van der Waals surface area contributed by atoms with Crippen molar-refractivity contribution in [1.82, 2.24) is 0 Å². The Labute approximate surface area is 190 Å². The van der Waals surface area contributed by atoms with Gasteiger partial charge in [-0.1, -0.05) is 42.5 Å². The van der Waals surface area contributed by atoms with Crippen LogP contribution in [-0.2, 0) is 0 Å². The predicted molar refractivity (Wildman–Crippen MR) is 126 cm³/mol. The first-order valence-electron chi connectivity index (χ1n) is 10.5. The number of furan rings is 1. The lowest BCUT2D eigenvalue weighted by Gasteiger charge is -2.43. The van der Waals surface area contributed by atoms with Crippen LogP contribution < -0.4 is 9.80 Å². The third-order valence-corrected chi connectivity index (χ3v) is 6.67. The molecule has 160 valence electrons. The van der Waals surface area contributed by atoms with Crippen LogP contribution in [0.15, 0.2) is 94.9 Å². The van der Waals surface area contributed by atoms with Gasteiger partial charge in [-0.15, -0.1) is 11.3 Å². The van der Waals surface area contributed by atoms with Crippen LogP contribution in [0.3, 0.4) is 0 Å². The van der Waals surface area contributed by atoms with E-state index in [1.165, 1.54) is 17.6 Å². The normalized spacial score (nSPS) is 17.6. The van der Waals surface area contributed by atoms with Crippen molar-refractivity contribution in [1.29, 1.82) is 0 Å². The first kappa shape index (κ1) is 20.3. The van der Waals surface area contributed by atoms with Gasteiger partial charge in [-0.3, -0.25) is 9.59 Å². The lowest BCUT2D eigenvalue weighted by atomic mass is 9.89. The summed E-state index contributed by atoms with van der Waals surface area (Å²) in [5, 5.41) is 1.91. The van der Waals surface area contributed by atoms with Crippen molar-refractivity contribution in [2.24, 2.45) is 0 Å². The molecular weight excluding hydrogens is 420 g/mol. The first-order chi connectivity index (χ1) is 15.6. The molecule has 2 aromatic carbocycles. The summed E-state index contributed by atoms with van der Waals surface area (Å²) in [6, 6.07) is 24.4. The minimum Gasteiger partial charge on any atom is -0.459 e. The van der Waals surface area contributed by atoms with E-state index in [1.807, 2.05) is 83.9 Å². The SMILES string of the molecule is C[C@@H]1C[C@@H](N(C(=O)c2cccs2)c2ccccc2)c2ccccc2N1C(=O)c1ccco1. The maximum Gasteiger partial charge on any atom is 0.294 e. The van der Waals surface area contributed by atoms with Crippen LogP contribution in [0.5, 0.6) is 0 Å². The predicted octanol–water partition coefficient (Wildman–Crippen LogP) is 6.17. The summed E-state index contributed by atoms with van der Waals surface area (Å²) in [5.41, 5.74) is 2.58. The van der Waals surface area contributed by atoms with E-state index >= 15 is 0 Å². The van der Waals surface area contributed by atoms with Gasteiger partial charge < -0.3 is 14.2 Å². The third-order valence-electron chi connectivity index (χ3n) is 5.81. The Balaban J connectivity index is 1.61. The molecule has 0 saturated heterocycles. The maximum atomic E-state index is 13.7. The van der Waals surface area contributed by atoms with Gasteiger partial charge in [0.2, 0.25) is 0 Å². The molecule has 0 radical (unpaired) electrons. The van der Waals surface area contributed by atoms with Gasteiger partial charge in [-0.25, -0.2) is 0 Å². The molecule has 1 aliphatic heterocycles. The van der Waals surface area contributed by atoms with Gasteiger partial charge >= 0.3 is 0 Å². The van der Waals surface area contributed by atoms with Crippen LogP contribution in [0.1, 0.15) is 45.2 Å². The molecule has 1 aliphatic rings. The van der Waals surface area contributed by atoms with Crippen LogP contribution >= 0.6 is 11.3 Å². The van der Waals surface area contributed by atoms with E-state index in [-0.39, 0.29) is 23.9 Å². The van der Waals surface area contributed by atoms with Gasteiger partial charge in [0.1, 0.15) is 0 Å². The Hall–Kier alpha value is -3.64. The monoisotopic (exact) mass is 442 g/mol. The number of hydrogen-bond donors (Lipinski definition) is 0. The number of thiophene rings is 1. The highest BCUT2D eigenvalue weighted by Crippen LogP contribution is 2.43. The van der Waals surface area contributed by atoms with Gasteiger partial charge in [-0.2, -0.15) is 0 Å². The Morgan fingerprint density at radius 3 is 2.47 bits per heavy atom.